The lowest BCUT2D eigenvalue weighted by Gasteiger charge is -1.75. The van der Waals surface area contributed by atoms with Crippen LogP contribution in [-0.2, 0) is 0 Å². The Hall–Kier alpha value is -0.860. The van der Waals surface area contributed by atoms with E-state index in [0.29, 0.717) is 0 Å². The average molecular weight is 189 g/mol. The molecule has 0 saturated heterocycles. The molecule has 0 radical (unpaired) electrons. The summed E-state index contributed by atoms with van der Waals surface area (Å²) in [4.78, 5) is 3.61. The van der Waals surface area contributed by atoms with Crippen molar-refractivity contribution >= 4 is 12.4 Å². The fourth-order valence-electron chi connectivity index (χ4n) is 0.129. The van der Waals surface area contributed by atoms with Gasteiger partial charge < -0.3 is 10.4 Å². The lowest BCUT2D eigenvalue weighted by atomic mass is 10.9. The van der Waals surface area contributed by atoms with Crippen LogP contribution in [-0.4, -0.2) is 26.5 Å². The van der Waals surface area contributed by atoms with Crippen molar-refractivity contribution in [1.29, 1.82) is 0 Å². The van der Waals surface area contributed by atoms with Crippen molar-refractivity contribution in [3.8, 4) is 0 Å². The van der Waals surface area contributed by atoms with Crippen LogP contribution in [0.5, 0.6) is 0 Å². The van der Waals surface area contributed by atoms with Gasteiger partial charge in [0.25, 0.3) is 0 Å². The molecule has 0 aliphatic carbocycles. The van der Waals surface area contributed by atoms with Gasteiger partial charge in [-0.2, -0.15) is 5.10 Å². The second-order valence-electron chi connectivity index (χ2n) is 1.13. The zero-order valence-corrected chi connectivity index (χ0v) is 10.5. The molecule has 0 unspecified atom stereocenters. The van der Waals surface area contributed by atoms with Crippen molar-refractivity contribution in [3.63, 3.8) is 0 Å². The standard InChI is InChI=1S/C3H8N2.C3H7N.2C2H6/c1-3-5-4-2;1-3-4-2;2*1-2/h3-4H,1-2H3;3H,1-2H3;2*1-2H3. The quantitative estimate of drug-likeness (QED) is 0.499. The van der Waals surface area contributed by atoms with E-state index in [1.807, 2.05) is 41.5 Å². The number of aliphatic imine (C=N–C) groups is 1. The Balaban J connectivity index is -0.0000000457. The van der Waals surface area contributed by atoms with E-state index >= 15 is 0 Å². The van der Waals surface area contributed by atoms with Gasteiger partial charge in [0.05, 0.1) is 0 Å². The maximum absolute atomic E-state index is 3.61. The molecule has 0 heterocycles. The zero-order valence-electron chi connectivity index (χ0n) is 10.5. The molecule has 1 N–H and O–H groups in total. The molecule has 0 aliphatic rings. The van der Waals surface area contributed by atoms with Gasteiger partial charge in [-0.25, -0.2) is 0 Å². The third-order valence-electron chi connectivity index (χ3n) is 0.516. The Morgan fingerprint density at radius 2 is 1.23 bits per heavy atom. The molecule has 13 heavy (non-hydrogen) atoms. The van der Waals surface area contributed by atoms with Crippen LogP contribution in [0.15, 0.2) is 10.1 Å². The molecule has 82 valence electrons. The molecule has 0 spiro atoms. The number of hydrazone groups is 1. The first-order valence-corrected chi connectivity index (χ1v) is 4.84. The summed E-state index contributed by atoms with van der Waals surface area (Å²) in [7, 11) is 3.51. The molecule has 0 atom stereocenters. The van der Waals surface area contributed by atoms with Crippen LogP contribution in [0.25, 0.3) is 0 Å². The fourth-order valence-corrected chi connectivity index (χ4v) is 0.129. The molecule has 0 aliphatic heterocycles. The molecule has 0 amide bonds. The number of rotatable bonds is 1. The predicted molar refractivity (Wildman–Crippen MR) is 66.0 cm³/mol. The summed E-state index contributed by atoms with van der Waals surface area (Å²) in [6, 6.07) is 0. The van der Waals surface area contributed by atoms with Gasteiger partial charge in [-0.15, -0.1) is 0 Å². The molecule has 0 saturated carbocycles. The van der Waals surface area contributed by atoms with Gasteiger partial charge in [0.2, 0.25) is 0 Å². The monoisotopic (exact) mass is 189 g/mol. The van der Waals surface area contributed by atoms with Gasteiger partial charge in [-0.1, -0.05) is 27.7 Å². The summed E-state index contributed by atoms with van der Waals surface area (Å²) in [6.07, 6.45) is 3.44. The summed E-state index contributed by atoms with van der Waals surface area (Å²) in [5.74, 6) is 0. The van der Waals surface area contributed by atoms with E-state index in [1.54, 1.807) is 26.5 Å². The van der Waals surface area contributed by atoms with E-state index in [9.17, 15) is 0 Å². The first-order valence-electron chi connectivity index (χ1n) is 4.84. The number of nitrogens with one attached hydrogen (secondary N) is 1. The normalized spacial score (nSPS) is 7.38. The average Bonchev–Trinajstić information content (AvgIpc) is 2.25. The highest BCUT2D eigenvalue weighted by Gasteiger charge is 1.44. The van der Waals surface area contributed by atoms with E-state index < -0.39 is 0 Å². The van der Waals surface area contributed by atoms with Crippen LogP contribution in [0.1, 0.15) is 41.5 Å². The van der Waals surface area contributed by atoms with Gasteiger partial charge in [0.15, 0.2) is 0 Å². The maximum atomic E-state index is 3.61. The van der Waals surface area contributed by atoms with Crippen molar-refractivity contribution in [2.24, 2.45) is 10.1 Å². The highest BCUT2D eigenvalue weighted by molar-refractivity contribution is 5.52. The molecule has 0 aromatic carbocycles. The molecule has 0 rings (SSSR count). The number of nitrogens with zero attached hydrogens (tertiary/aromatic N) is 2. The van der Waals surface area contributed by atoms with Crippen molar-refractivity contribution < 1.29 is 0 Å². The fraction of sp³-hybridized carbons (Fsp3) is 0.800. The Kier molecular flexibility index (Phi) is 117. The number of hydrogen-bond donors (Lipinski definition) is 1. The highest BCUT2D eigenvalue weighted by atomic mass is 15.2. The van der Waals surface area contributed by atoms with Crippen LogP contribution >= 0.6 is 0 Å². The second kappa shape index (κ2) is 66.8. The van der Waals surface area contributed by atoms with Crippen LogP contribution in [0.4, 0.5) is 0 Å². The van der Waals surface area contributed by atoms with Gasteiger partial charge in [0, 0.05) is 20.3 Å². The molecule has 0 aromatic heterocycles. The molecule has 0 fully saturated rings. The molecule has 0 aromatic rings. The van der Waals surface area contributed by atoms with Gasteiger partial charge >= 0.3 is 0 Å². The third kappa shape index (κ3) is 203. The Bertz CT molecular complexity index is 74.2. The predicted octanol–water partition coefficient (Wildman–Crippen LogP) is 2.97. The van der Waals surface area contributed by atoms with Gasteiger partial charge in [-0.05, 0) is 20.1 Å². The Labute approximate surface area is 84.4 Å². The summed E-state index contributed by atoms with van der Waals surface area (Å²) in [6.45, 7) is 11.7. The van der Waals surface area contributed by atoms with E-state index in [0.717, 1.165) is 0 Å². The maximum Gasteiger partial charge on any atom is 0.0273 e. The Morgan fingerprint density at radius 1 is 0.923 bits per heavy atom. The van der Waals surface area contributed by atoms with Crippen molar-refractivity contribution in [1.82, 2.24) is 5.43 Å². The smallest absolute Gasteiger partial charge is 0.0273 e. The van der Waals surface area contributed by atoms with E-state index in [-0.39, 0.29) is 0 Å². The third-order valence-corrected chi connectivity index (χ3v) is 0.516. The molecular formula is C10H27N3. The summed E-state index contributed by atoms with van der Waals surface area (Å²) < 4.78 is 0. The minimum atomic E-state index is 1.69. The van der Waals surface area contributed by atoms with Crippen molar-refractivity contribution in [3.05, 3.63) is 0 Å². The topological polar surface area (TPSA) is 36.8 Å². The minimum absolute atomic E-state index is 1.69. The zero-order chi connectivity index (χ0) is 11.5. The van der Waals surface area contributed by atoms with Gasteiger partial charge in [0.1, 0.15) is 0 Å². The minimum Gasteiger partial charge on any atom is -0.313 e. The first-order chi connectivity index (χ1) is 6.33. The first kappa shape index (κ1) is 22.7. The van der Waals surface area contributed by atoms with E-state index in [2.05, 4.69) is 15.5 Å². The number of hydrogen-bond acceptors (Lipinski definition) is 3. The summed E-state index contributed by atoms with van der Waals surface area (Å²) >= 11 is 0. The van der Waals surface area contributed by atoms with E-state index in [4.69, 9.17) is 0 Å². The summed E-state index contributed by atoms with van der Waals surface area (Å²) in [5.41, 5.74) is 2.59. The van der Waals surface area contributed by atoms with Crippen molar-refractivity contribution in [2.45, 2.75) is 41.5 Å². The largest absolute Gasteiger partial charge is 0.313 e. The summed E-state index contributed by atoms with van der Waals surface area (Å²) in [5, 5.41) is 3.60. The van der Waals surface area contributed by atoms with Crippen LogP contribution in [0.2, 0.25) is 0 Å². The van der Waals surface area contributed by atoms with E-state index in [1.165, 1.54) is 0 Å². The van der Waals surface area contributed by atoms with Crippen LogP contribution in [0, 0.1) is 0 Å². The van der Waals surface area contributed by atoms with Gasteiger partial charge in [-0.3, -0.25) is 0 Å². The molecule has 3 heteroatoms. The highest BCUT2D eigenvalue weighted by Crippen LogP contribution is 1.41. The van der Waals surface area contributed by atoms with Crippen LogP contribution < -0.4 is 5.43 Å². The Morgan fingerprint density at radius 3 is 1.23 bits per heavy atom. The SMILES string of the molecule is CC.CC.CC=NC.CC=NNC. The molecular weight excluding hydrogens is 162 g/mol. The molecule has 0 bridgehead atoms. The lowest BCUT2D eigenvalue weighted by molar-refractivity contribution is 0.906. The second-order valence-corrected chi connectivity index (χ2v) is 1.13. The van der Waals surface area contributed by atoms with Crippen molar-refractivity contribution in [2.75, 3.05) is 14.1 Å². The van der Waals surface area contributed by atoms with Crippen LogP contribution in [0.3, 0.4) is 0 Å². The lowest BCUT2D eigenvalue weighted by Crippen LogP contribution is -1.90. The molecule has 3 nitrogen and oxygen atoms in total.